The van der Waals surface area contributed by atoms with Crippen molar-refractivity contribution in [3.8, 4) is 0 Å². The van der Waals surface area contributed by atoms with Crippen molar-refractivity contribution in [2.75, 3.05) is 13.2 Å². The van der Waals surface area contributed by atoms with Gasteiger partial charge in [0.2, 0.25) is 5.91 Å². The van der Waals surface area contributed by atoms with E-state index in [-0.39, 0.29) is 35.3 Å². The van der Waals surface area contributed by atoms with Crippen LogP contribution in [0.4, 0.5) is 4.79 Å². The molecular weight excluding hydrogens is 236 g/mol. The molecule has 0 saturated carbocycles. The largest absolute Gasteiger partial charge is 0.369 e. The number of ether oxygens (including phenoxy) is 2. The number of rotatable bonds is 1. The van der Waals surface area contributed by atoms with Crippen LogP contribution in [0.25, 0.3) is 0 Å². The Bertz CT molecular complexity index is 408. The highest BCUT2D eigenvalue weighted by Gasteiger charge is 2.64. The van der Waals surface area contributed by atoms with Crippen LogP contribution in [0.15, 0.2) is 0 Å². The SMILES string of the molecule is CC1CN([C@H]2C[C@@]3(C)OC[C@@]3(C)O2)C(=O)NC1=O. The zero-order chi connectivity index (χ0) is 13.1. The van der Waals surface area contributed by atoms with Gasteiger partial charge < -0.3 is 9.47 Å². The summed E-state index contributed by atoms with van der Waals surface area (Å²) >= 11 is 0. The molecule has 100 valence electrons. The number of nitrogens with zero attached hydrogens (tertiary/aromatic N) is 1. The molecule has 0 aromatic rings. The van der Waals surface area contributed by atoms with Gasteiger partial charge in [-0.15, -0.1) is 0 Å². The minimum Gasteiger partial charge on any atom is -0.369 e. The molecule has 0 radical (unpaired) electrons. The quantitative estimate of drug-likeness (QED) is 0.738. The van der Waals surface area contributed by atoms with E-state index in [1.807, 2.05) is 13.8 Å². The van der Waals surface area contributed by atoms with E-state index in [9.17, 15) is 9.59 Å². The number of hydrogen-bond acceptors (Lipinski definition) is 4. The van der Waals surface area contributed by atoms with Gasteiger partial charge in [-0.05, 0) is 13.8 Å². The highest BCUT2D eigenvalue weighted by atomic mass is 16.6. The Kier molecular flexibility index (Phi) is 2.29. The van der Waals surface area contributed by atoms with E-state index in [2.05, 4.69) is 5.32 Å². The summed E-state index contributed by atoms with van der Waals surface area (Å²) < 4.78 is 11.6. The average Bonchev–Trinajstić information content (AvgIpc) is 2.47. The van der Waals surface area contributed by atoms with E-state index in [0.717, 1.165) is 0 Å². The van der Waals surface area contributed by atoms with Gasteiger partial charge in [-0.1, -0.05) is 6.92 Å². The molecular formula is C12H18N2O4. The second-order valence-corrected chi connectivity index (χ2v) is 5.87. The molecule has 6 nitrogen and oxygen atoms in total. The summed E-state index contributed by atoms with van der Waals surface area (Å²) in [6.07, 6.45) is 0.343. The third-order valence-electron chi connectivity index (χ3n) is 4.50. The maximum absolute atomic E-state index is 11.9. The van der Waals surface area contributed by atoms with Crippen LogP contribution in [-0.4, -0.2) is 47.4 Å². The second kappa shape index (κ2) is 3.45. The molecule has 3 aliphatic rings. The number of imide groups is 1. The van der Waals surface area contributed by atoms with E-state index in [1.54, 1.807) is 11.8 Å². The van der Waals surface area contributed by atoms with Crippen LogP contribution >= 0.6 is 0 Å². The fraction of sp³-hybridized carbons (Fsp3) is 0.833. The summed E-state index contributed by atoms with van der Waals surface area (Å²) in [6.45, 7) is 6.78. The summed E-state index contributed by atoms with van der Waals surface area (Å²) in [7, 11) is 0. The predicted octanol–water partition coefficient (Wildman–Crippen LogP) is 0.468. The average molecular weight is 254 g/mol. The van der Waals surface area contributed by atoms with E-state index in [1.165, 1.54) is 0 Å². The molecule has 0 aromatic carbocycles. The Labute approximate surface area is 106 Å². The first-order valence-corrected chi connectivity index (χ1v) is 6.28. The van der Waals surface area contributed by atoms with E-state index in [4.69, 9.17) is 9.47 Å². The summed E-state index contributed by atoms with van der Waals surface area (Å²) in [5, 5.41) is 2.36. The smallest absolute Gasteiger partial charge is 0.326 e. The molecule has 1 N–H and O–H groups in total. The second-order valence-electron chi connectivity index (χ2n) is 5.87. The molecule has 0 aliphatic carbocycles. The third-order valence-corrected chi connectivity index (χ3v) is 4.50. The molecule has 0 bridgehead atoms. The normalized spacial score (nSPS) is 47.6. The van der Waals surface area contributed by atoms with Gasteiger partial charge in [-0.2, -0.15) is 0 Å². The van der Waals surface area contributed by atoms with Crippen molar-refractivity contribution in [2.24, 2.45) is 5.92 Å². The summed E-state index contributed by atoms with van der Waals surface area (Å²) in [6, 6.07) is -0.364. The number of carbonyl (C=O) groups excluding carboxylic acids is 2. The minimum absolute atomic E-state index is 0.203. The van der Waals surface area contributed by atoms with Gasteiger partial charge in [0.25, 0.3) is 0 Å². The molecule has 4 atom stereocenters. The number of urea groups is 1. The van der Waals surface area contributed by atoms with Crippen molar-refractivity contribution in [2.45, 2.75) is 44.6 Å². The van der Waals surface area contributed by atoms with Crippen LogP contribution in [0.5, 0.6) is 0 Å². The van der Waals surface area contributed by atoms with E-state index in [0.29, 0.717) is 19.6 Å². The fourth-order valence-electron chi connectivity index (χ4n) is 2.81. The highest BCUT2D eigenvalue weighted by Crippen LogP contribution is 2.50. The van der Waals surface area contributed by atoms with Crippen LogP contribution in [0.1, 0.15) is 27.2 Å². The van der Waals surface area contributed by atoms with E-state index < -0.39 is 0 Å². The standard InChI is InChI=1S/C12H18N2O4/c1-7-5-14(10(16)13-9(7)15)8-4-11(2)12(3,18-8)6-17-11/h7-8H,4-6H2,1-3H3,(H,13,15,16)/t7?,8-,11-,12-/m1/s1. The molecule has 3 saturated heterocycles. The summed E-state index contributed by atoms with van der Waals surface area (Å²) in [5.41, 5.74) is -0.634. The van der Waals surface area contributed by atoms with Gasteiger partial charge in [0.05, 0.1) is 12.5 Å². The molecule has 3 fully saturated rings. The Balaban J connectivity index is 1.77. The fourth-order valence-corrected chi connectivity index (χ4v) is 2.81. The van der Waals surface area contributed by atoms with E-state index >= 15 is 0 Å². The van der Waals surface area contributed by atoms with Gasteiger partial charge >= 0.3 is 6.03 Å². The molecule has 3 heterocycles. The number of amides is 3. The molecule has 3 rings (SSSR count). The highest BCUT2D eigenvalue weighted by molar-refractivity contribution is 5.97. The van der Waals surface area contributed by atoms with Crippen LogP contribution in [0.2, 0.25) is 0 Å². The molecule has 3 amide bonds. The summed E-state index contributed by atoms with van der Waals surface area (Å²) in [5.74, 6) is -0.419. The van der Waals surface area contributed by atoms with Gasteiger partial charge in [0.1, 0.15) is 17.4 Å². The first-order valence-electron chi connectivity index (χ1n) is 6.28. The lowest BCUT2D eigenvalue weighted by molar-refractivity contribution is -0.269. The Morgan fingerprint density at radius 1 is 1.33 bits per heavy atom. The topological polar surface area (TPSA) is 67.9 Å². The minimum atomic E-state index is -0.364. The maximum atomic E-state index is 11.9. The molecule has 0 aromatic heterocycles. The Hall–Kier alpha value is -1.14. The lowest BCUT2D eigenvalue weighted by Gasteiger charge is -2.49. The summed E-state index contributed by atoms with van der Waals surface area (Å²) in [4.78, 5) is 24.9. The van der Waals surface area contributed by atoms with Crippen LogP contribution < -0.4 is 5.32 Å². The van der Waals surface area contributed by atoms with Gasteiger partial charge in [0, 0.05) is 13.0 Å². The van der Waals surface area contributed by atoms with Crippen molar-refractivity contribution >= 4 is 11.9 Å². The monoisotopic (exact) mass is 254 g/mol. The first-order chi connectivity index (χ1) is 8.35. The predicted molar refractivity (Wildman–Crippen MR) is 61.7 cm³/mol. The number of carbonyl (C=O) groups is 2. The zero-order valence-electron chi connectivity index (χ0n) is 10.9. The van der Waals surface area contributed by atoms with Crippen LogP contribution in [0, 0.1) is 5.92 Å². The molecule has 3 aliphatic heterocycles. The van der Waals surface area contributed by atoms with Crippen LogP contribution in [0.3, 0.4) is 0 Å². The molecule has 1 unspecified atom stereocenters. The van der Waals surface area contributed by atoms with Gasteiger partial charge in [0.15, 0.2) is 0 Å². The van der Waals surface area contributed by atoms with Crippen molar-refractivity contribution in [1.82, 2.24) is 10.2 Å². The van der Waals surface area contributed by atoms with Crippen molar-refractivity contribution in [3.63, 3.8) is 0 Å². The number of nitrogens with one attached hydrogen (secondary N) is 1. The van der Waals surface area contributed by atoms with Gasteiger partial charge in [-0.3, -0.25) is 15.0 Å². The van der Waals surface area contributed by atoms with Crippen molar-refractivity contribution < 1.29 is 19.1 Å². The zero-order valence-corrected chi connectivity index (χ0v) is 10.9. The van der Waals surface area contributed by atoms with Crippen LogP contribution in [-0.2, 0) is 14.3 Å². The van der Waals surface area contributed by atoms with Gasteiger partial charge in [-0.25, -0.2) is 4.79 Å². The first kappa shape index (κ1) is 11.9. The maximum Gasteiger partial charge on any atom is 0.326 e. The lowest BCUT2D eigenvalue weighted by atomic mass is 9.81. The Morgan fingerprint density at radius 2 is 2.06 bits per heavy atom. The lowest BCUT2D eigenvalue weighted by Crippen LogP contribution is -2.62. The molecule has 6 heteroatoms. The van der Waals surface area contributed by atoms with Crippen molar-refractivity contribution in [3.05, 3.63) is 0 Å². The Morgan fingerprint density at radius 3 is 2.56 bits per heavy atom. The van der Waals surface area contributed by atoms with Crippen molar-refractivity contribution in [1.29, 1.82) is 0 Å². The molecule has 18 heavy (non-hydrogen) atoms. The number of fused-ring (bicyclic) bond motifs is 1. The molecule has 0 spiro atoms. The number of hydrogen-bond donors (Lipinski definition) is 1. The third kappa shape index (κ3) is 1.42.